The van der Waals surface area contributed by atoms with Gasteiger partial charge in [0.25, 0.3) is 5.91 Å². The van der Waals surface area contributed by atoms with Gasteiger partial charge in [-0.05, 0) is 199 Å². The van der Waals surface area contributed by atoms with E-state index in [1.54, 1.807) is 53.6 Å². The first-order chi connectivity index (χ1) is 67.5. The maximum absolute atomic E-state index is 14.2. The molecule has 0 saturated carbocycles. The van der Waals surface area contributed by atoms with Gasteiger partial charge in [0, 0.05) is 119 Å². The third kappa shape index (κ3) is 23.8. The van der Waals surface area contributed by atoms with Crippen molar-refractivity contribution >= 4 is 47.1 Å². The number of methoxy groups -OCH3 is 6. The van der Waals surface area contributed by atoms with E-state index in [2.05, 4.69) is 116 Å². The Morgan fingerprint density at radius 3 is 1.01 bits per heavy atom. The van der Waals surface area contributed by atoms with Gasteiger partial charge in [-0.1, -0.05) is 174 Å². The molecule has 8 aliphatic rings. The number of phenolic OH excluding ortho intramolecular Hbond substituents is 2. The molecule has 27 heteroatoms. The number of hydrogen-bond donors (Lipinski definition) is 2. The Kier molecular flexibility index (Phi) is 35.3. The van der Waals surface area contributed by atoms with E-state index in [9.17, 15) is 29.4 Å². The van der Waals surface area contributed by atoms with Gasteiger partial charge in [0.1, 0.15) is 66.5 Å². The third-order valence-electron chi connectivity index (χ3n) is 28.3. The first-order valence-corrected chi connectivity index (χ1v) is 48.6. The first-order valence-electron chi connectivity index (χ1n) is 48.6. The number of amides is 7. The number of rotatable bonds is 29. The van der Waals surface area contributed by atoms with Crippen LogP contribution in [0.3, 0.4) is 0 Å². The second-order valence-corrected chi connectivity index (χ2v) is 38.5. The van der Waals surface area contributed by atoms with Gasteiger partial charge >= 0.3 is 41.1 Å². The average Bonchev–Trinajstić information content (AvgIpc) is 1.56. The molecule has 7 amide bonds. The van der Waals surface area contributed by atoms with Crippen molar-refractivity contribution in [3.63, 3.8) is 0 Å². The molecule has 6 fully saturated rings. The van der Waals surface area contributed by atoms with Crippen LogP contribution in [0.15, 0.2) is 254 Å². The molecule has 0 radical (unpaired) electrons. The van der Waals surface area contributed by atoms with E-state index in [1.165, 1.54) is 4.90 Å². The molecule has 0 bridgehead atoms. The number of carbonyl (C=O) groups is 4. The maximum atomic E-state index is 14.2. The van der Waals surface area contributed by atoms with Crippen LogP contribution in [-0.2, 0) is 81.3 Å². The van der Waals surface area contributed by atoms with Crippen molar-refractivity contribution in [2.75, 3.05) is 102 Å². The Labute approximate surface area is 860 Å². The van der Waals surface area contributed by atoms with Gasteiger partial charge in [-0.3, -0.25) is 34.2 Å². The third-order valence-corrected chi connectivity index (χ3v) is 28.3. The molecule has 10 aromatic rings. The number of hydrogen-bond acceptors (Lipinski definition) is 19. The van der Waals surface area contributed by atoms with Crippen molar-refractivity contribution in [1.29, 1.82) is 0 Å². The van der Waals surface area contributed by atoms with Crippen LogP contribution in [0.1, 0.15) is 161 Å². The summed E-state index contributed by atoms with van der Waals surface area (Å²) in [6, 6.07) is 70.6. The number of urea groups is 3. The van der Waals surface area contributed by atoms with E-state index < -0.39 is 11.0 Å². The fourth-order valence-electron chi connectivity index (χ4n) is 21.1. The zero-order valence-corrected chi connectivity index (χ0v) is 86.9. The molecule has 142 heavy (non-hydrogen) atoms. The van der Waals surface area contributed by atoms with E-state index >= 15 is 0 Å². The van der Waals surface area contributed by atoms with Crippen molar-refractivity contribution < 1.29 is 89.2 Å². The van der Waals surface area contributed by atoms with Gasteiger partial charge in [0.05, 0.1) is 73.4 Å². The predicted octanol–water partition coefficient (Wildman–Crippen LogP) is 17.6. The second-order valence-electron chi connectivity index (χ2n) is 38.5. The van der Waals surface area contributed by atoms with Gasteiger partial charge < -0.3 is 84.7 Å². The summed E-state index contributed by atoms with van der Waals surface area (Å²) in [5.41, 5.74) is 13.0. The van der Waals surface area contributed by atoms with E-state index in [4.69, 9.17) is 47.4 Å². The molecule has 3 spiro atoms. The number of halogens is 1. The topological polar surface area (TPSA) is 230 Å². The number of fused-ring (bicyclic) bond motifs is 6. The van der Waals surface area contributed by atoms with E-state index in [-0.39, 0.29) is 94.0 Å². The van der Waals surface area contributed by atoms with E-state index in [0.29, 0.717) is 115 Å². The van der Waals surface area contributed by atoms with Gasteiger partial charge in [0.2, 0.25) is 0 Å². The van der Waals surface area contributed by atoms with Crippen LogP contribution < -0.4 is 59.8 Å². The number of carbonyl (C=O) groups excluding carboxylic acids is 4. The molecule has 18 rings (SSSR count). The zero-order chi connectivity index (χ0) is 99.2. The number of imide groups is 1. The van der Waals surface area contributed by atoms with Crippen molar-refractivity contribution in [2.45, 2.75) is 187 Å². The molecule has 25 nitrogen and oxygen atoms in total. The Morgan fingerprint density at radius 2 is 0.662 bits per heavy atom. The summed E-state index contributed by atoms with van der Waals surface area (Å²) in [6.45, 7) is 34.9. The number of phenols is 2. The fraction of sp³-hybridized carbons (Fsp3) is 0.383. The molecule has 2 N–H and O–H groups in total. The van der Waals surface area contributed by atoms with Crippen molar-refractivity contribution in [3.05, 3.63) is 328 Å². The molecule has 0 aromatic heterocycles. The smallest absolute Gasteiger partial charge is 1.00 e. The summed E-state index contributed by atoms with van der Waals surface area (Å²) in [4.78, 5) is 74.5. The number of likely N-dealkylation sites (tertiary alicyclic amines) is 3. The van der Waals surface area contributed by atoms with E-state index in [1.807, 2.05) is 212 Å². The summed E-state index contributed by atoms with van der Waals surface area (Å²) in [7, 11) is 9.97. The minimum Gasteiger partial charge on any atom is -1.00 e. The Hall–Kier alpha value is -12.7. The number of nitrogens with zero attached hydrogens (tertiary/aromatic N) is 9. The van der Waals surface area contributed by atoms with Crippen LogP contribution in [-0.4, -0.2) is 220 Å². The van der Waals surface area contributed by atoms with Crippen molar-refractivity contribution in [2.24, 2.45) is 0 Å². The van der Waals surface area contributed by atoms with Crippen molar-refractivity contribution in [3.8, 4) is 69.0 Å². The summed E-state index contributed by atoms with van der Waals surface area (Å²) >= 11 is 0. The summed E-state index contributed by atoms with van der Waals surface area (Å²) in [5, 5.41) is 22.0. The average molecular weight is 1960 g/mol. The summed E-state index contributed by atoms with van der Waals surface area (Å²) < 4.78 is 57.5. The van der Waals surface area contributed by atoms with Crippen LogP contribution in [0.25, 0.3) is 0 Å². The summed E-state index contributed by atoms with van der Waals surface area (Å²) in [6.07, 6.45) is 9.10. The largest absolute Gasteiger partial charge is 2.00 e. The molecular formula is C115H136ClMgN9O16. The Bertz CT molecular complexity index is 6030. The minimum atomic E-state index is -0.847. The number of piperidine rings is 3. The second kappa shape index (κ2) is 47.0. The quantitative estimate of drug-likeness (QED) is 0.0252. The number of ether oxygens (including phenoxy) is 10. The fourth-order valence-corrected chi connectivity index (χ4v) is 21.1. The molecule has 6 saturated heterocycles. The summed E-state index contributed by atoms with van der Waals surface area (Å²) in [5.74, 6) is 6.76. The van der Waals surface area contributed by atoms with Gasteiger partial charge in [-0.15, -0.1) is 0 Å². The minimum absolute atomic E-state index is 0. The zero-order valence-electron chi connectivity index (χ0n) is 84.8. The number of benzene rings is 10. The maximum Gasteiger partial charge on any atom is 2.00 e. The van der Waals surface area contributed by atoms with Gasteiger partial charge in [-0.2, -0.15) is 0 Å². The molecule has 8 heterocycles. The molecular weight excluding hydrogens is 1820 g/mol. The van der Waals surface area contributed by atoms with Crippen LogP contribution in [0.5, 0.6) is 69.0 Å². The van der Waals surface area contributed by atoms with Crippen molar-refractivity contribution in [1.82, 2.24) is 44.1 Å². The number of allylic oxidation sites excluding steroid dienone is 3. The van der Waals surface area contributed by atoms with Crippen LogP contribution in [0.4, 0.5) is 14.4 Å². The van der Waals surface area contributed by atoms with Crippen LogP contribution in [0, 0.1) is 6.92 Å². The SMILES string of the molecule is C=C([CH2-])C.CCN1C(=O)N(Cc2ccc(OCc3ccccc3)c(OCc3ccccc3)c2)C(=O)C12CCN(Cc1cc(OC)cc(OC)c1)CC2.CCN1C(=O)N2Cc3cc(O)c(OCc4ccccc4)cc3C(C)(C)C=C2C12CCN(Cc1cc(OC)cc(OC)c1)CC2.CCN1C(=O)N2Cc3cc(OCc4ccccc4)c(O)cc3C(C)(C)C=C2C12CCN(Cc1cc(OC)cc(OC)c1)CC2.[Cl-].[Mg+2]. The Morgan fingerprint density at radius 1 is 0.359 bits per heavy atom. The van der Waals surface area contributed by atoms with Gasteiger partial charge in [-0.25, -0.2) is 33.5 Å². The predicted molar refractivity (Wildman–Crippen MR) is 549 cm³/mol. The molecule has 0 atom stereocenters. The van der Waals surface area contributed by atoms with E-state index in [0.717, 1.165) is 183 Å². The molecule has 746 valence electrons. The van der Waals surface area contributed by atoms with Gasteiger partial charge in [0.15, 0.2) is 34.5 Å². The Balaban J connectivity index is 0.000000174. The molecule has 0 unspecified atom stereocenters. The molecule has 10 aromatic carbocycles. The number of likely N-dealkylation sites (N-methyl/N-ethyl adjacent to an activating group) is 3. The van der Waals surface area contributed by atoms with Crippen LogP contribution in [0.2, 0.25) is 0 Å². The molecule has 8 aliphatic heterocycles. The molecule has 0 aliphatic carbocycles. The number of aromatic hydroxyl groups is 2. The standard InChI is InChI=1S/C39H43N3O6.2C36H43N3O5.C4H7.ClH.Mg/c1-4-42-38(44)41(37(43)39(42)17-19-40(20-18-39)25-32-21-33(45-2)24-34(22-32)46-3)26-31-15-16-35(47-27-29-11-7-5-8-12-29)36(23-31)48-28-30-13-9-6-10-14-30;1-6-39-34(41)38-23-27-18-32(44-24-25-10-8-7-9-11-25)31(40)20-30(27)35(2,3)21-33(38)36(39)12-14-37(15-13-36)22-26-16-28(42-4)19-29(17-26)43-5;1-6-39-34(41)38-23-27-18-31(40)32(44-24-25-10-8-7-9-11-25)20-30(27)35(2,3)21-33(38)36(39)12-14-37(15-13-36)22-26-16-28(42-4)19-29(17-26)43-5;1-4(2)3;;/h5-16,21-24H,4,17-20,25-28H2,1-3H3;2*7-11,16-21,40H,6,12-15,22-24H2,1-5H3;1-2H2,3H3;1H;/q;;;-1;;+2/p-1. The monoisotopic (exact) mass is 1960 g/mol. The first kappa shape index (κ1) is 107. The normalized spacial score (nSPS) is 17.3. The van der Waals surface area contributed by atoms with Crippen LogP contribution >= 0.6 is 0 Å².